The van der Waals surface area contributed by atoms with Crippen LogP contribution in [0, 0.1) is 0 Å². The molecule has 2 atom stereocenters. The van der Waals surface area contributed by atoms with Crippen molar-refractivity contribution >= 4 is 0 Å². The molecule has 0 amide bonds. The van der Waals surface area contributed by atoms with E-state index < -0.39 is 0 Å². The summed E-state index contributed by atoms with van der Waals surface area (Å²) in [5.41, 5.74) is 4.13. The molecule has 21 heavy (non-hydrogen) atoms. The second-order valence-corrected chi connectivity index (χ2v) is 5.89. The van der Waals surface area contributed by atoms with Gasteiger partial charge in [-0.1, -0.05) is 43.3 Å². The highest BCUT2D eigenvalue weighted by Gasteiger charge is 2.29. The molecule has 2 unspecified atom stereocenters. The fourth-order valence-corrected chi connectivity index (χ4v) is 3.42. The van der Waals surface area contributed by atoms with Crippen LogP contribution in [0.1, 0.15) is 55.0 Å². The van der Waals surface area contributed by atoms with Crippen LogP contribution in [0.4, 0.5) is 0 Å². The van der Waals surface area contributed by atoms with Gasteiger partial charge in [-0.25, -0.2) is 0 Å². The van der Waals surface area contributed by atoms with Crippen molar-refractivity contribution in [2.24, 2.45) is 0 Å². The molecular weight excluding hydrogens is 256 g/mol. The van der Waals surface area contributed by atoms with Crippen molar-refractivity contribution in [1.29, 1.82) is 0 Å². The van der Waals surface area contributed by atoms with E-state index in [4.69, 9.17) is 4.98 Å². The van der Waals surface area contributed by atoms with Crippen LogP contribution < -0.4 is 5.32 Å². The number of fused-ring (bicyclic) bond motifs is 1. The minimum Gasteiger partial charge on any atom is -0.309 e. The van der Waals surface area contributed by atoms with Crippen LogP contribution in [0.2, 0.25) is 0 Å². The van der Waals surface area contributed by atoms with Gasteiger partial charge in [0.25, 0.3) is 0 Å². The third kappa shape index (κ3) is 3.16. The van der Waals surface area contributed by atoms with Gasteiger partial charge in [0.2, 0.25) is 0 Å². The van der Waals surface area contributed by atoms with E-state index in [0.717, 1.165) is 13.0 Å². The lowest BCUT2D eigenvalue weighted by Gasteiger charge is -2.32. The highest BCUT2D eigenvalue weighted by Crippen LogP contribution is 2.39. The maximum atomic E-state index is 4.72. The summed E-state index contributed by atoms with van der Waals surface area (Å²) in [5.74, 6) is 0.490. The lowest BCUT2D eigenvalue weighted by Crippen LogP contribution is -2.30. The molecule has 0 radical (unpaired) electrons. The zero-order chi connectivity index (χ0) is 14.5. The third-order valence-corrected chi connectivity index (χ3v) is 4.41. The molecule has 1 N–H and O–H groups in total. The van der Waals surface area contributed by atoms with Gasteiger partial charge in [0, 0.05) is 23.9 Å². The van der Waals surface area contributed by atoms with Crippen LogP contribution in [0.3, 0.4) is 0 Å². The SMILES string of the molecule is CCCNC(c1ccccc1)C1CCCc2cccnc21. The molecule has 0 fully saturated rings. The summed E-state index contributed by atoms with van der Waals surface area (Å²) < 4.78 is 0. The molecule has 0 aliphatic heterocycles. The molecule has 1 aromatic heterocycles. The molecule has 1 aliphatic carbocycles. The van der Waals surface area contributed by atoms with E-state index in [1.54, 1.807) is 0 Å². The Bertz CT molecular complexity index is 565. The quantitative estimate of drug-likeness (QED) is 0.886. The smallest absolute Gasteiger partial charge is 0.0485 e. The zero-order valence-electron chi connectivity index (χ0n) is 12.8. The Balaban J connectivity index is 1.94. The van der Waals surface area contributed by atoms with Crippen LogP contribution in [0.5, 0.6) is 0 Å². The van der Waals surface area contributed by atoms with E-state index in [9.17, 15) is 0 Å². The van der Waals surface area contributed by atoms with Crippen molar-refractivity contribution in [3.8, 4) is 0 Å². The van der Waals surface area contributed by atoms with Crippen molar-refractivity contribution in [2.75, 3.05) is 6.54 Å². The highest BCUT2D eigenvalue weighted by molar-refractivity contribution is 5.31. The predicted molar refractivity (Wildman–Crippen MR) is 87.4 cm³/mol. The van der Waals surface area contributed by atoms with Crippen molar-refractivity contribution in [3.63, 3.8) is 0 Å². The second-order valence-electron chi connectivity index (χ2n) is 5.89. The minimum atomic E-state index is 0.375. The van der Waals surface area contributed by atoms with E-state index >= 15 is 0 Å². The number of hydrogen-bond donors (Lipinski definition) is 1. The first-order chi connectivity index (χ1) is 10.4. The average molecular weight is 280 g/mol. The molecule has 110 valence electrons. The van der Waals surface area contributed by atoms with Gasteiger partial charge in [-0.3, -0.25) is 4.98 Å². The summed E-state index contributed by atoms with van der Waals surface area (Å²) in [5, 5.41) is 3.76. The zero-order valence-corrected chi connectivity index (χ0v) is 12.8. The Morgan fingerprint density at radius 3 is 2.86 bits per heavy atom. The van der Waals surface area contributed by atoms with Gasteiger partial charge >= 0.3 is 0 Å². The molecule has 2 aromatic rings. The Kier molecular flexibility index (Phi) is 4.66. The van der Waals surface area contributed by atoms with Gasteiger partial charge in [-0.15, -0.1) is 0 Å². The van der Waals surface area contributed by atoms with E-state index in [1.807, 2.05) is 6.20 Å². The van der Waals surface area contributed by atoms with E-state index in [1.165, 1.54) is 36.1 Å². The number of nitrogens with one attached hydrogen (secondary N) is 1. The number of benzene rings is 1. The summed E-state index contributed by atoms with van der Waals surface area (Å²) in [6.45, 7) is 3.28. The first-order valence-corrected chi connectivity index (χ1v) is 8.12. The van der Waals surface area contributed by atoms with Crippen molar-refractivity contribution in [2.45, 2.75) is 44.6 Å². The summed E-state index contributed by atoms with van der Waals surface area (Å²) in [4.78, 5) is 4.72. The van der Waals surface area contributed by atoms with Crippen LogP contribution in [-0.4, -0.2) is 11.5 Å². The van der Waals surface area contributed by atoms with Gasteiger partial charge in [-0.2, -0.15) is 0 Å². The topological polar surface area (TPSA) is 24.9 Å². The molecule has 1 heterocycles. The number of aryl methyl sites for hydroxylation is 1. The first-order valence-electron chi connectivity index (χ1n) is 8.12. The monoisotopic (exact) mass is 280 g/mol. The Labute approximate surface area is 127 Å². The maximum absolute atomic E-state index is 4.72. The molecule has 0 saturated heterocycles. The molecular formula is C19H24N2. The van der Waals surface area contributed by atoms with Crippen molar-refractivity contribution in [1.82, 2.24) is 10.3 Å². The number of rotatable bonds is 5. The number of aromatic nitrogens is 1. The number of pyridine rings is 1. The lowest BCUT2D eigenvalue weighted by molar-refractivity contribution is 0.394. The summed E-state index contributed by atoms with van der Waals surface area (Å²) in [7, 11) is 0. The van der Waals surface area contributed by atoms with Crippen molar-refractivity contribution < 1.29 is 0 Å². The number of hydrogen-bond acceptors (Lipinski definition) is 2. The number of nitrogens with zero attached hydrogens (tertiary/aromatic N) is 1. The second kappa shape index (κ2) is 6.86. The fourth-order valence-electron chi connectivity index (χ4n) is 3.42. The summed E-state index contributed by atoms with van der Waals surface area (Å²) in [6.07, 6.45) is 6.76. The summed E-state index contributed by atoms with van der Waals surface area (Å²) in [6, 6.07) is 15.5. The van der Waals surface area contributed by atoms with Gasteiger partial charge in [0.05, 0.1) is 0 Å². The molecule has 2 nitrogen and oxygen atoms in total. The molecule has 2 heteroatoms. The molecule has 1 aliphatic rings. The molecule has 1 aromatic carbocycles. The van der Waals surface area contributed by atoms with Crippen LogP contribution >= 0.6 is 0 Å². The largest absolute Gasteiger partial charge is 0.309 e. The van der Waals surface area contributed by atoms with Crippen LogP contribution in [0.15, 0.2) is 48.7 Å². The van der Waals surface area contributed by atoms with Crippen molar-refractivity contribution in [3.05, 3.63) is 65.5 Å². The van der Waals surface area contributed by atoms with Gasteiger partial charge in [-0.05, 0) is 49.4 Å². The Hall–Kier alpha value is -1.67. The van der Waals surface area contributed by atoms with Gasteiger partial charge in [0.1, 0.15) is 0 Å². The lowest BCUT2D eigenvalue weighted by atomic mass is 9.79. The molecule has 0 saturated carbocycles. The minimum absolute atomic E-state index is 0.375. The standard InChI is InChI=1S/C19H24N2/c1-2-13-20-18(15-8-4-3-5-9-15)17-12-6-10-16-11-7-14-21-19(16)17/h3-5,7-9,11,14,17-18,20H,2,6,10,12-13H2,1H3. The van der Waals surface area contributed by atoms with E-state index in [2.05, 4.69) is 54.7 Å². The van der Waals surface area contributed by atoms with Gasteiger partial charge < -0.3 is 5.32 Å². The van der Waals surface area contributed by atoms with E-state index in [0.29, 0.717) is 12.0 Å². The Morgan fingerprint density at radius 2 is 2.05 bits per heavy atom. The average Bonchev–Trinajstić information content (AvgIpc) is 2.56. The first kappa shape index (κ1) is 14.3. The predicted octanol–water partition coefficient (Wildman–Crippen LogP) is 4.24. The molecule has 0 bridgehead atoms. The fraction of sp³-hybridized carbons (Fsp3) is 0.421. The Morgan fingerprint density at radius 1 is 1.19 bits per heavy atom. The van der Waals surface area contributed by atoms with Crippen LogP contribution in [-0.2, 0) is 6.42 Å². The summed E-state index contributed by atoms with van der Waals surface area (Å²) >= 11 is 0. The molecule has 0 spiro atoms. The van der Waals surface area contributed by atoms with Crippen LogP contribution in [0.25, 0.3) is 0 Å². The third-order valence-electron chi connectivity index (χ3n) is 4.41. The molecule has 3 rings (SSSR count). The van der Waals surface area contributed by atoms with Gasteiger partial charge in [0.15, 0.2) is 0 Å². The van der Waals surface area contributed by atoms with E-state index in [-0.39, 0.29) is 0 Å². The normalized spacial score (nSPS) is 19.0. The highest BCUT2D eigenvalue weighted by atomic mass is 14.9. The maximum Gasteiger partial charge on any atom is 0.0485 e.